The Balaban J connectivity index is 1.97. The number of carbonyl (C=O) groups is 1. The molecule has 0 unspecified atom stereocenters. The number of nitro groups is 1. The van der Waals surface area contributed by atoms with Gasteiger partial charge in [0.05, 0.1) is 12.0 Å². The smallest absolute Gasteiger partial charge is 0.363 e. The molecular formula is C17H11IN2O5. The van der Waals surface area contributed by atoms with E-state index in [9.17, 15) is 14.9 Å². The monoisotopic (exact) mass is 450 g/mol. The van der Waals surface area contributed by atoms with E-state index in [0.717, 1.165) is 3.57 Å². The Labute approximate surface area is 156 Å². The fourth-order valence-corrected chi connectivity index (χ4v) is 2.79. The standard InChI is InChI=1S/C17H11IN2O5/c1-24-15-6-5-10(8-14(15)20(22)23)7-13-17(21)25-16(19-13)11-3-2-4-12(18)9-11/h2-9H,1H3/b13-7-. The zero-order valence-corrected chi connectivity index (χ0v) is 15.1. The van der Waals surface area contributed by atoms with Gasteiger partial charge >= 0.3 is 11.7 Å². The van der Waals surface area contributed by atoms with Crippen molar-refractivity contribution in [1.82, 2.24) is 0 Å². The van der Waals surface area contributed by atoms with Gasteiger partial charge in [0, 0.05) is 15.2 Å². The number of nitrogens with zero attached hydrogens (tertiary/aromatic N) is 2. The van der Waals surface area contributed by atoms with E-state index in [1.165, 1.54) is 25.3 Å². The van der Waals surface area contributed by atoms with E-state index in [4.69, 9.17) is 9.47 Å². The Morgan fingerprint density at radius 2 is 2.08 bits per heavy atom. The molecule has 0 fully saturated rings. The summed E-state index contributed by atoms with van der Waals surface area (Å²) in [6.45, 7) is 0. The minimum atomic E-state index is -0.604. The molecule has 2 aromatic carbocycles. The first-order valence-corrected chi connectivity index (χ1v) is 8.17. The highest BCUT2D eigenvalue weighted by Crippen LogP contribution is 2.29. The molecule has 7 nitrogen and oxygen atoms in total. The van der Waals surface area contributed by atoms with Gasteiger partial charge in [0.15, 0.2) is 11.4 Å². The second kappa shape index (κ2) is 7.01. The summed E-state index contributed by atoms with van der Waals surface area (Å²) in [4.78, 5) is 26.8. The first kappa shape index (κ1) is 17.1. The highest BCUT2D eigenvalue weighted by atomic mass is 127. The molecular weight excluding hydrogens is 439 g/mol. The molecule has 8 heteroatoms. The summed E-state index contributed by atoms with van der Waals surface area (Å²) >= 11 is 2.15. The normalized spacial score (nSPS) is 15.0. The number of rotatable bonds is 4. The lowest BCUT2D eigenvalue weighted by Crippen LogP contribution is -2.05. The summed E-state index contributed by atoms with van der Waals surface area (Å²) in [6, 6.07) is 11.8. The zero-order chi connectivity index (χ0) is 18.0. The van der Waals surface area contributed by atoms with Crippen molar-refractivity contribution in [2.24, 2.45) is 4.99 Å². The fraction of sp³-hybridized carbons (Fsp3) is 0.0588. The van der Waals surface area contributed by atoms with Crippen LogP contribution < -0.4 is 4.74 Å². The highest BCUT2D eigenvalue weighted by Gasteiger charge is 2.24. The van der Waals surface area contributed by atoms with Crippen LogP contribution in [0.2, 0.25) is 0 Å². The van der Waals surface area contributed by atoms with E-state index < -0.39 is 10.9 Å². The molecule has 1 aliphatic rings. The van der Waals surface area contributed by atoms with E-state index in [1.807, 2.05) is 18.2 Å². The molecule has 25 heavy (non-hydrogen) atoms. The van der Waals surface area contributed by atoms with Crippen molar-refractivity contribution in [2.75, 3.05) is 7.11 Å². The van der Waals surface area contributed by atoms with Crippen molar-refractivity contribution in [1.29, 1.82) is 0 Å². The third kappa shape index (κ3) is 3.68. The molecule has 0 saturated heterocycles. The van der Waals surface area contributed by atoms with Crippen LogP contribution in [0.5, 0.6) is 5.75 Å². The molecule has 0 radical (unpaired) electrons. The average molecular weight is 450 g/mol. The third-order valence-electron chi connectivity index (χ3n) is 3.40. The Bertz CT molecular complexity index is 936. The number of hydrogen-bond donors (Lipinski definition) is 0. The summed E-state index contributed by atoms with van der Waals surface area (Å²) < 4.78 is 11.1. The van der Waals surface area contributed by atoms with Gasteiger partial charge in [0.1, 0.15) is 0 Å². The van der Waals surface area contributed by atoms with Crippen molar-refractivity contribution < 1.29 is 19.2 Å². The second-order valence-corrected chi connectivity index (χ2v) is 6.28. The van der Waals surface area contributed by atoms with Crippen molar-refractivity contribution in [3.63, 3.8) is 0 Å². The Kier molecular flexibility index (Phi) is 4.79. The Morgan fingerprint density at radius 1 is 1.28 bits per heavy atom. The van der Waals surface area contributed by atoms with Crippen LogP contribution in [0.1, 0.15) is 11.1 Å². The van der Waals surface area contributed by atoms with Gasteiger partial charge in [-0.05, 0) is 58.5 Å². The van der Waals surface area contributed by atoms with Crippen LogP contribution in [0.3, 0.4) is 0 Å². The number of aliphatic imine (C=N–C) groups is 1. The van der Waals surface area contributed by atoms with Gasteiger partial charge in [-0.3, -0.25) is 10.1 Å². The van der Waals surface area contributed by atoms with Crippen molar-refractivity contribution in [3.05, 3.63) is 73.0 Å². The summed E-state index contributed by atoms with van der Waals surface area (Å²) in [5.74, 6) is -0.255. The van der Waals surface area contributed by atoms with Crippen LogP contribution in [-0.4, -0.2) is 23.9 Å². The molecule has 0 saturated carbocycles. The highest BCUT2D eigenvalue weighted by molar-refractivity contribution is 14.1. The van der Waals surface area contributed by atoms with Crippen molar-refractivity contribution >= 4 is 46.2 Å². The third-order valence-corrected chi connectivity index (χ3v) is 4.07. The number of carbonyl (C=O) groups excluding carboxylic acids is 1. The number of ether oxygens (including phenoxy) is 2. The van der Waals surface area contributed by atoms with Gasteiger partial charge in [0.2, 0.25) is 5.90 Å². The van der Waals surface area contributed by atoms with Crippen LogP contribution in [0.4, 0.5) is 5.69 Å². The SMILES string of the molecule is COc1ccc(/C=C2\N=C(c3cccc(I)c3)OC2=O)cc1[N+](=O)[O-]. The number of esters is 1. The molecule has 0 N–H and O–H groups in total. The van der Waals surface area contributed by atoms with Gasteiger partial charge in [0.25, 0.3) is 0 Å². The largest absolute Gasteiger partial charge is 0.490 e. The maximum Gasteiger partial charge on any atom is 0.363 e. The van der Waals surface area contributed by atoms with Crippen LogP contribution in [-0.2, 0) is 9.53 Å². The second-order valence-electron chi connectivity index (χ2n) is 5.03. The first-order chi connectivity index (χ1) is 12.0. The number of nitro benzene ring substituents is 1. The van der Waals surface area contributed by atoms with Crippen LogP contribution in [0.15, 0.2) is 53.2 Å². The average Bonchev–Trinajstić information content (AvgIpc) is 2.95. The molecule has 2 aromatic rings. The zero-order valence-electron chi connectivity index (χ0n) is 12.9. The number of benzene rings is 2. The minimum absolute atomic E-state index is 0.0772. The molecule has 126 valence electrons. The van der Waals surface area contributed by atoms with Crippen LogP contribution in [0.25, 0.3) is 6.08 Å². The Hall–Kier alpha value is -2.75. The molecule has 0 bridgehead atoms. The quantitative estimate of drug-likeness (QED) is 0.234. The number of hydrogen-bond acceptors (Lipinski definition) is 6. The molecule has 0 atom stereocenters. The summed E-state index contributed by atoms with van der Waals surface area (Å²) in [5, 5.41) is 11.1. The topological polar surface area (TPSA) is 91.0 Å². The minimum Gasteiger partial charge on any atom is -0.490 e. The lowest BCUT2D eigenvalue weighted by Gasteiger charge is -2.02. The maximum absolute atomic E-state index is 12.0. The number of methoxy groups -OCH3 is 1. The van der Waals surface area contributed by atoms with E-state index in [0.29, 0.717) is 11.1 Å². The lowest BCUT2D eigenvalue weighted by atomic mass is 10.1. The van der Waals surface area contributed by atoms with Crippen LogP contribution >= 0.6 is 22.6 Å². The van der Waals surface area contributed by atoms with Gasteiger partial charge in [-0.15, -0.1) is 0 Å². The molecule has 0 aliphatic carbocycles. The van der Waals surface area contributed by atoms with Crippen molar-refractivity contribution in [3.8, 4) is 5.75 Å². The van der Waals surface area contributed by atoms with Crippen LogP contribution in [0, 0.1) is 13.7 Å². The molecule has 0 amide bonds. The van der Waals surface area contributed by atoms with Gasteiger partial charge < -0.3 is 9.47 Å². The van der Waals surface area contributed by atoms with Crippen molar-refractivity contribution in [2.45, 2.75) is 0 Å². The number of halogens is 1. The maximum atomic E-state index is 12.0. The fourth-order valence-electron chi connectivity index (χ4n) is 2.25. The van der Waals surface area contributed by atoms with E-state index in [2.05, 4.69) is 27.6 Å². The van der Waals surface area contributed by atoms with E-state index in [-0.39, 0.29) is 23.0 Å². The molecule has 3 rings (SSSR count). The van der Waals surface area contributed by atoms with E-state index in [1.54, 1.807) is 12.1 Å². The Morgan fingerprint density at radius 3 is 2.76 bits per heavy atom. The van der Waals surface area contributed by atoms with E-state index >= 15 is 0 Å². The first-order valence-electron chi connectivity index (χ1n) is 7.09. The van der Waals surface area contributed by atoms with Gasteiger partial charge in [-0.1, -0.05) is 12.1 Å². The summed E-state index contributed by atoms with van der Waals surface area (Å²) in [6.07, 6.45) is 1.44. The van der Waals surface area contributed by atoms with Gasteiger partial charge in [-0.25, -0.2) is 9.79 Å². The molecule has 1 aliphatic heterocycles. The predicted molar refractivity (Wildman–Crippen MR) is 99.4 cm³/mol. The van der Waals surface area contributed by atoms with Gasteiger partial charge in [-0.2, -0.15) is 0 Å². The lowest BCUT2D eigenvalue weighted by molar-refractivity contribution is -0.385. The summed E-state index contributed by atoms with van der Waals surface area (Å²) in [5.41, 5.74) is 1.02. The molecule has 0 spiro atoms. The number of cyclic esters (lactones) is 1. The summed E-state index contributed by atoms with van der Waals surface area (Å²) in [7, 11) is 1.35. The molecule has 0 aromatic heterocycles. The predicted octanol–water partition coefficient (Wildman–Crippen LogP) is 3.55. The molecule has 1 heterocycles.